The van der Waals surface area contributed by atoms with Gasteiger partial charge in [0.15, 0.2) is 0 Å². The second-order valence-electron chi connectivity index (χ2n) is 6.45. The minimum atomic E-state index is -0.512. The van der Waals surface area contributed by atoms with Crippen molar-refractivity contribution in [3.05, 3.63) is 30.3 Å². The number of benzene rings is 1. The topological polar surface area (TPSA) is 64.7 Å². The van der Waals surface area contributed by atoms with Crippen LogP contribution in [0.3, 0.4) is 0 Å². The molecule has 3 amide bonds. The molecule has 0 bridgehead atoms. The molecule has 1 aromatic rings. The summed E-state index contributed by atoms with van der Waals surface area (Å²) in [5.74, 6) is 0.0344. The molecule has 1 aromatic carbocycles. The van der Waals surface area contributed by atoms with Gasteiger partial charge >= 0.3 is 6.03 Å². The van der Waals surface area contributed by atoms with Crippen LogP contribution in [0.2, 0.25) is 0 Å². The lowest BCUT2D eigenvalue weighted by Gasteiger charge is -2.36. The maximum absolute atomic E-state index is 12.8. The predicted octanol–water partition coefficient (Wildman–Crippen LogP) is 2.00. The Kier molecular flexibility index (Phi) is 6.61. The third kappa shape index (κ3) is 4.96. The first-order valence-corrected chi connectivity index (χ1v) is 8.65. The van der Waals surface area contributed by atoms with Crippen LogP contribution in [0.15, 0.2) is 30.3 Å². The van der Waals surface area contributed by atoms with Gasteiger partial charge in [-0.1, -0.05) is 39.0 Å². The molecule has 24 heavy (non-hydrogen) atoms. The van der Waals surface area contributed by atoms with Gasteiger partial charge in [0, 0.05) is 31.9 Å². The van der Waals surface area contributed by atoms with E-state index in [1.807, 2.05) is 49.1 Å². The second kappa shape index (κ2) is 8.68. The largest absolute Gasteiger partial charge is 0.338 e. The number of nitrogens with one attached hydrogen (secondary N) is 2. The van der Waals surface area contributed by atoms with Gasteiger partial charge in [0.2, 0.25) is 5.91 Å². The van der Waals surface area contributed by atoms with E-state index in [-0.39, 0.29) is 17.9 Å². The Morgan fingerprint density at radius 1 is 1.08 bits per heavy atom. The van der Waals surface area contributed by atoms with Gasteiger partial charge in [0.05, 0.1) is 0 Å². The summed E-state index contributed by atoms with van der Waals surface area (Å²) in [6.07, 6.45) is 0. The van der Waals surface area contributed by atoms with Crippen LogP contribution in [0.25, 0.3) is 0 Å². The molecule has 2 rings (SSSR count). The van der Waals surface area contributed by atoms with Crippen LogP contribution in [0.1, 0.15) is 20.8 Å². The molecule has 0 saturated carbocycles. The van der Waals surface area contributed by atoms with E-state index >= 15 is 0 Å². The number of anilines is 1. The number of hydrogen-bond acceptors (Lipinski definition) is 3. The van der Waals surface area contributed by atoms with Crippen LogP contribution in [-0.4, -0.2) is 60.5 Å². The zero-order chi connectivity index (χ0) is 17.5. The normalized spacial score (nSPS) is 16.8. The lowest BCUT2D eigenvalue weighted by molar-refractivity contribution is -0.136. The first kappa shape index (κ1) is 18.3. The summed E-state index contributed by atoms with van der Waals surface area (Å²) in [7, 11) is 0. The van der Waals surface area contributed by atoms with Crippen molar-refractivity contribution in [2.24, 2.45) is 5.92 Å². The average molecular weight is 332 g/mol. The SMILES string of the molecule is CCN1CCN(C(=O)C(NC(=O)Nc2ccccc2)C(C)C)CC1. The van der Waals surface area contributed by atoms with Crippen LogP contribution in [0.5, 0.6) is 0 Å². The van der Waals surface area contributed by atoms with Crippen molar-refractivity contribution in [1.29, 1.82) is 0 Å². The molecule has 1 saturated heterocycles. The number of likely N-dealkylation sites (N-methyl/N-ethyl adjacent to an activating group) is 1. The van der Waals surface area contributed by atoms with Gasteiger partial charge in [-0.2, -0.15) is 0 Å². The molecule has 2 N–H and O–H groups in total. The van der Waals surface area contributed by atoms with Gasteiger partial charge in [0.1, 0.15) is 6.04 Å². The van der Waals surface area contributed by atoms with Gasteiger partial charge < -0.3 is 20.4 Å². The maximum Gasteiger partial charge on any atom is 0.319 e. The van der Waals surface area contributed by atoms with Crippen LogP contribution >= 0.6 is 0 Å². The van der Waals surface area contributed by atoms with E-state index in [0.29, 0.717) is 5.69 Å². The summed E-state index contributed by atoms with van der Waals surface area (Å²) in [6.45, 7) is 10.3. The molecular weight excluding hydrogens is 304 g/mol. The van der Waals surface area contributed by atoms with E-state index < -0.39 is 6.04 Å². The summed E-state index contributed by atoms with van der Waals surface area (Å²) < 4.78 is 0. The van der Waals surface area contributed by atoms with Crippen LogP contribution in [0, 0.1) is 5.92 Å². The molecule has 1 fully saturated rings. The van der Waals surface area contributed by atoms with Gasteiger partial charge in [-0.3, -0.25) is 4.79 Å². The molecule has 1 aliphatic heterocycles. The molecule has 132 valence electrons. The number of rotatable bonds is 5. The number of carbonyl (C=O) groups excluding carboxylic acids is 2. The summed E-state index contributed by atoms with van der Waals surface area (Å²) in [5, 5.41) is 5.60. The summed E-state index contributed by atoms with van der Waals surface area (Å²) >= 11 is 0. The molecule has 0 radical (unpaired) electrons. The van der Waals surface area contributed by atoms with E-state index in [1.165, 1.54) is 0 Å². The number of amides is 3. The quantitative estimate of drug-likeness (QED) is 0.867. The first-order valence-electron chi connectivity index (χ1n) is 8.65. The minimum Gasteiger partial charge on any atom is -0.338 e. The highest BCUT2D eigenvalue weighted by Crippen LogP contribution is 2.11. The van der Waals surface area contributed by atoms with Crippen molar-refractivity contribution in [2.45, 2.75) is 26.8 Å². The lowest BCUT2D eigenvalue weighted by atomic mass is 10.0. The highest BCUT2D eigenvalue weighted by atomic mass is 16.2. The van der Waals surface area contributed by atoms with Crippen LogP contribution < -0.4 is 10.6 Å². The summed E-state index contributed by atoms with van der Waals surface area (Å²) in [5.41, 5.74) is 0.710. The molecule has 0 aliphatic carbocycles. The third-order valence-corrected chi connectivity index (χ3v) is 4.38. The molecular formula is C18H28N4O2. The lowest BCUT2D eigenvalue weighted by Crippen LogP contribution is -2.56. The smallest absolute Gasteiger partial charge is 0.319 e. The Bertz CT molecular complexity index is 539. The van der Waals surface area contributed by atoms with E-state index in [1.54, 1.807) is 0 Å². The fourth-order valence-corrected chi connectivity index (χ4v) is 2.82. The van der Waals surface area contributed by atoms with Gasteiger partial charge in [-0.05, 0) is 24.6 Å². The molecule has 6 heteroatoms. The highest BCUT2D eigenvalue weighted by Gasteiger charge is 2.30. The summed E-state index contributed by atoms with van der Waals surface area (Å²) in [4.78, 5) is 29.2. The van der Waals surface area contributed by atoms with Crippen molar-refractivity contribution in [3.8, 4) is 0 Å². The Morgan fingerprint density at radius 2 is 1.71 bits per heavy atom. The molecule has 6 nitrogen and oxygen atoms in total. The standard InChI is InChI=1S/C18H28N4O2/c1-4-21-10-12-22(13-11-21)17(23)16(14(2)3)20-18(24)19-15-8-6-5-7-9-15/h5-9,14,16H,4,10-13H2,1-3H3,(H2,19,20,24). The Hall–Kier alpha value is -2.08. The van der Waals surface area contributed by atoms with E-state index in [4.69, 9.17) is 0 Å². The second-order valence-corrected chi connectivity index (χ2v) is 6.45. The molecule has 1 atom stereocenters. The highest BCUT2D eigenvalue weighted by molar-refractivity contribution is 5.93. The molecule has 0 aromatic heterocycles. The number of para-hydroxylation sites is 1. The van der Waals surface area contributed by atoms with Crippen molar-refractivity contribution in [1.82, 2.24) is 15.1 Å². The van der Waals surface area contributed by atoms with Crippen LogP contribution in [-0.2, 0) is 4.79 Å². The molecule has 1 unspecified atom stereocenters. The van der Waals surface area contributed by atoms with E-state index in [9.17, 15) is 9.59 Å². The number of hydrogen-bond donors (Lipinski definition) is 2. The number of urea groups is 1. The predicted molar refractivity (Wildman–Crippen MR) is 95.9 cm³/mol. The molecule has 0 spiro atoms. The zero-order valence-electron chi connectivity index (χ0n) is 14.8. The van der Waals surface area contributed by atoms with Gasteiger partial charge in [-0.15, -0.1) is 0 Å². The monoisotopic (exact) mass is 332 g/mol. The number of piperazine rings is 1. The van der Waals surface area contributed by atoms with Crippen molar-refractivity contribution in [2.75, 3.05) is 38.0 Å². The van der Waals surface area contributed by atoms with Crippen molar-refractivity contribution >= 4 is 17.6 Å². The Balaban J connectivity index is 1.93. The maximum atomic E-state index is 12.8. The first-order chi connectivity index (χ1) is 11.5. The van der Waals surface area contributed by atoms with Crippen molar-refractivity contribution in [3.63, 3.8) is 0 Å². The minimum absolute atomic E-state index is 0.00367. The molecule has 1 aliphatic rings. The summed E-state index contributed by atoms with van der Waals surface area (Å²) in [6, 6.07) is 8.37. The van der Waals surface area contributed by atoms with Gasteiger partial charge in [0.25, 0.3) is 0 Å². The van der Waals surface area contributed by atoms with E-state index in [0.717, 1.165) is 32.7 Å². The zero-order valence-corrected chi connectivity index (χ0v) is 14.8. The third-order valence-electron chi connectivity index (χ3n) is 4.38. The van der Waals surface area contributed by atoms with Crippen molar-refractivity contribution < 1.29 is 9.59 Å². The fraction of sp³-hybridized carbons (Fsp3) is 0.556. The molecule has 1 heterocycles. The van der Waals surface area contributed by atoms with Crippen LogP contribution in [0.4, 0.5) is 10.5 Å². The number of carbonyl (C=O) groups is 2. The fourth-order valence-electron chi connectivity index (χ4n) is 2.82. The average Bonchev–Trinajstić information content (AvgIpc) is 2.60. The number of nitrogens with zero attached hydrogens (tertiary/aromatic N) is 2. The van der Waals surface area contributed by atoms with E-state index in [2.05, 4.69) is 22.5 Å². The van der Waals surface area contributed by atoms with Gasteiger partial charge in [-0.25, -0.2) is 4.79 Å². The Labute approximate surface area is 144 Å². The Morgan fingerprint density at radius 3 is 2.25 bits per heavy atom.